The van der Waals surface area contributed by atoms with Crippen LogP contribution in [0.5, 0.6) is 0 Å². The second-order valence-electron chi connectivity index (χ2n) is 3.54. The van der Waals surface area contributed by atoms with Gasteiger partial charge in [0.25, 0.3) is 0 Å². The molecule has 1 aromatic rings. The highest BCUT2D eigenvalue weighted by atomic mass is 32.2. The number of benzene rings is 1. The maximum absolute atomic E-state index is 9.32. The number of aliphatic imine (C=N–C) groups is 1. The molecule has 9 heteroatoms. The molecular weight excluding hydrogens is 279 g/mol. The Morgan fingerprint density at radius 2 is 2.25 bits per heavy atom. The van der Waals surface area contributed by atoms with Crippen LogP contribution in [-0.4, -0.2) is 41.6 Å². The van der Waals surface area contributed by atoms with Crippen molar-refractivity contribution in [1.82, 2.24) is 5.32 Å². The highest BCUT2D eigenvalue weighted by Crippen LogP contribution is 2.15. The molecule has 0 saturated heterocycles. The van der Waals surface area contributed by atoms with E-state index >= 15 is 0 Å². The summed E-state index contributed by atoms with van der Waals surface area (Å²) in [6, 6.07) is 4.45. The molecule has 0 saturated carbocycles. The van der Waals surface area contributed by atoms with E-state index in [1.54, 1.807) is 12.4 Å². The summed E-state index contributed by atoms with van der Waals surface area (Å²) in [4.78, 5) is 4.14. The molecule has 7 nitrogen and oxygen atoms in total. The van der Waals surface area contributed by atoms with E-state index in [0.29, 0.717) is 10.7 Å². The molecule has 104 valence electrons. The number of ether oxygens (including phenoxy) is 1. The van der Waals surface area contributed by atoms with Crippen molar-refractivity contribution in [3.05, 3.63) is 23.8 Å². The van der Waals surface area contributed by atoms with Crippen molar-refractivity contribution in [3.8, 4) is 6.19 Å². The SMILES string of the molecule is COC(=N)c1ccc(B(O)O)c(N=C(NC#N)SC)c1. The van der Waals surface area contributed by atoms with Crippen LogP contribution in [-0.2, 0) is 4.74 Å². The number of thioether (sulfide) groups is 1. The molecule has 0 radical (unpaired) electrons. The number of rotatable bonds is 3. The summed E-state index contributed by atoms with van der Waals surface area (Å²) in [6.07, 6.45) is 3.46. The summed E-state index contributed by atoms with van der Waals surface area (Å²) in [7, 11) is -0.338. The van der Waals surface area contributed by atoms with E-state index < -0.39 is 7.12 Å². The molecular formula is C11H13BN4O3S. The number of nitrogens with zero attached hydrogens (tertiary/aromatic N) is 2. The minimum absolute atomic E-state index is 0.0700. The highest BCUT2D eigenvalue weighted by Gasteiger charge is 2.18. The van der Waals surface area contributed by atoms with Crippen molar-refractivity contribution in [2.24, 2.45) is 4.99 Å². The molecule has 1 aromatic carbocycles. The molecule has 20 heavy (non-hydrogen) atoms. The third kappa shape index (κ3) is 3.99. The Hall–Kier alpha value is -2.02. The summed E-state index contributed by atoms with van der Waals surface area (Å²) >= 11 is 1.20. The Bertz CT molecular complexity index is 571. The Kier molecular flexibility index (Phi) is 6.05. The molecule has 0 aliphatic rings. The summed E-state index contributed by atoms with van der Waals surface area (Å²) < 4.78 is 4.81. The fraction of sp³-hybridized carbons (Fsp3) is 0.182. The van der Waals surface area contributed by atoms with E-state index in [1.165, 1.54) is 37.1 Å². The lowest BCUT2D eigenvalue weighted by Crippen LogP contribution is -2.30. The van der Waals surface area contributed by atoms with Gasteiger partial charge in [-0.05, 0) is 18.4 Å². The highest BCUT2D eigenvalue weighted by molar-refractivity contribution is 8.13. The number of hydrogen-bond donors (Lipinski definition) is 4. The van der Waals surface area contributed by atoms with Gasteiger partial charge in [-0.2, -0.15) is 5.26 Å². The second kappa shape index (κ2) is 7.54. The Morgan fingerprint density at radius 1 is 1.55 bits per heavy atom. The summed E-state index contributed by atoms with van der Waals surface area (Å²) in [5, 5.41) is 37.5. The van der Waals surface area contributed by atoms with Gasteiger partial charge in [-0.1, -0.05) is 17.8 Å². The van der Waals surface area contributed by atoms with E-state index in [9.17, 15) is 10.0 Å². The first-order chi connectivity index (χ1) is 9.53. The van der Waals surface area contributed by atoms with Crippen LogP contribution in [0.1, 0.15) is 5.56 Å². The fourth-order valence-electron chi connectivity index (χ4n) is 1.40. The average Bonchev–Trinajstić information content (AvgIpc) is 2.45. The first kappa shape index (κ1) is 16.0. The molecule has 0 aromatic heterocycles. The second-order valence-corrected chi connectivity index (χ2v) is 4.33. The molecule has 0 fully saturated rings. The lowest BCUT2D eigenvalue weighted by molar-refractivity contribution is 0.401. The third-order valence-corrected chi connectivity index (χ3v) is 2.93. The van der Waals surface area contributed by atoms with E-state index in [4.69, 9.17) is 15.4 Å². The van der Waals surface area contributed by atoms with Gasteiger partial charge in [-0.3, -0.25) is 10.7 Å². The van der Waals surface area contributed by atoms with Gasteiger partial charge in [0, 0.05) is 11.0 Å². The smallest absolute Gasteiger partial charge is 0.481 e. The van der Waals surface area contributed by atoms with E-state index in [2.05, 4.69) is 10.3 Å². The molecule has 0 heterocycles. The molecule has 0 amide bonds. The predicted molar refractivity (Wildman–Crippen MR) is 79.5 cm³/mol. The standard InChI is InChI=1S/C11H13BN4O3S/c1-19-10(14)7-3-4-8(12(17)18)9(5-7)16-11(20-2)15-6-13/h3-5,14,17-18H,1-2H3,(H,15,16). The molecule has 4 N–H and O–H groups in total. The summed E-state index contributed by atoms with van der Waals surface area (Å²) in [5.74, 6) is -0.0700. The first-order valence-corrected chi connectivity index (χ1v) is 6.66. The summed E-state index contributed by atoms with van der Waals surface area (Å²) in [6.45, 7) is 0. The summed E-state index contributed by atoms with van der Waals surface area (Å²) in [5.41, 5.74) is 0.850. The number of hydrogen-bond acceptors (Lipinski definition) is 7. The van der Waals surface area contributed by atoms with Crippen molar-refractivity contribution in [2.45, 2.75) is 0 Å². The van der Waals surface area contributed by atoms with E-state index in [1.807, 2.05) is 0 Å². The number of nitriles is 1. The molecule has 0 aliphatic heterocycles. The van der Waals surface area contributed by atoms with Crippen LogP contribution in [0.4, 0.5) is 5.69 Å². The van der Waals surface area contributed by atoms with Crippen LogP contribution >= 0.6 is 11.8 Å². The molecule has 0 spiro atoms. The van der Waals surface area contributed by atoms with Gasteiger partial charge < -0.3 is 14.8 Å². The van der Waals surface area contributed by atoms with Crippen molar-refractivity contribution in [3.63, 3.8) is 0 Å². The topological polar surface area (TPSA) is 122 Å². The predicted octanol–water partition coefficient (Wildman–Crippen LogP) is -0.241. The van der Waals surface area contributed by atoms with Crippen LogP contribution < -0.4 is 10.8 Å². The fourth-order valence-corrected chi connectivity index (χ4v) is 1.74. The van der Waals surface area contributed by atoms with Gasteiger partial charge in [0.1, 0.15) is 0 Å². The lowest BCUT2D eigenvalue weighted by atomic mass is 9.78. The Morgan fingerprint density at radius 3 is 2.75 bits per heavy atom. The normalized spacial score (nSPS) is 10.7. The van der Waals surface area contributed by atoms with Crippen molar-refractivity contribution in [2.75, 3.05) is 13.4 Å². The van der Waals surface area contributed by atoms with Gasteiger partial charge in [-0.25, -0.2) is 4.99 Å². The van der Waals surface area contributed by atoms with Crippen molar-refractivity contribution >= 4 is 41.1 Å². The minimum Gasteiger partial charge on any atom is -0.481 e. The van der Waals surface area contributed by atoms with Crippen molar-refractivity contribution < 1.29 is 14.8 Å². The lowest BCUT2D eigenvalue weighted by Gasteiger charge is -2.09. The average molecular weight is 292 g/mol. The van der Waals surface area contributed by atoms with Crippen LogP contribution in [0.15, 0.2) is 23.2 Å². The van der Waals surface area contributed by atoms with Crippen LogP contribution in [0.2, 0.25) is 0 Å². The van der Waals surface area contributed by atoms with Crippen LogP contribution in [0, 0.1) is 16.9 Å². The van der Waals surface area contributed by atoms with Gasteiger partial charge in [0.05, 0.1) is 12.8 Å². The maximum Gasteiger partial charge on any atom is 0.490 e. The van der Waals surface area contributed by atoms with E-state index in [0.717, 1.165) is 0 Å². The Balaban J connectivity index is 3.32. The zero-order valence-electron chi connectivity index (χ0n) is 10.9. The largest absolute Gasteiger partial charge is 0.490 e. The molecule has 1 rings (SSSR count). The van der Waals surface area contributed by atoms with Gasteiger partial charge in [-0.15, -0.1) is 0 Å². The molecule has 0 unspecified atom stereocenters. The van der Waals surface area contributed by atoms with E-state index in [-0.39, 0.29) is 17.0 Å². The zero-order valence-corrected chi connectivity index (χ0v) is 11.7. The number of amidine groups is 1. The monoisotopic (exact) mass is 292 g/mol. The molecule has 0 atom stereocenters. The third-order valence-electron chi connectivity index (χ3n) is 2.35. The zero-order chi connectivity index (χ0) is 15.1. The van der Waals surface area contributed by atoms with Crippen molar-refractivity contribution in [1.29, 1.82) is 10.7 Å². The van der Waals surface area contributed by atoms with Crippen LogP contribution in [0.25, 0.3) is 0 Å². The van der Waals surface area contributed by atoms with Gasteiger partial charge >= 0.3 is 7.12 Å². The van der Waals surface area contributed by atoms with Gasteiger partial charge in [0.15, 0.2) is 11.4 Å². The molecule has 0 aliphatic carbocycles. The number of nitrogens with one attached hydrogen (secondary N) is 2. The maximum atomic E-state index is 9.32. The number of methoxy groups -OCH3 is 1. The Labute approximate surface area is 120 Å². The molecule has 0 bridgehead atoms. The quantitative estimate of drug-likeness (QED) is 0.200. The van der Waals surface area contributed by atoms with Crippen LogP contribution in [0.3, 0.4) is 0 Å². The minimum atomic E-state index is -1.70. The van der Waals surface area contributed by atoms with Gasteiger partial charge in [0.2, 0.25) is 5.90 Å². The first-order valence-electron chi connectivity index (χ1n) is 5.44.